The predicted molar refractivity (Wildman–Crippen MR) is 104 cm³/mol. The van der Waals surface area contributed by atoms with E-state index in [0.29, 0.717) is 17.5 Å². The summed E-state index contributed by atoms with van der Waals surface area (Å²) < 4.78 is 12.7. The second-order valence-corrected chi connectivity index (χ2v) is 6.52. The van der Waals surface area contributed by atoms with Crippen molar-refractivity contribution in [1.82, 2.24) is 14.6 Å². The first kappa shape index (κ1) is 18.0. The maximum absolute atomic E-state index is 5.43. The van der Waals surface area contributed by atoms with E-state index in [1.165, 1.54) is 0 Å². The summed E-state index contributed by atoms with van der Waals surface area (Å²) in [7, 11) is 3.27. The van der Waals surface area contributed by atoms with Crippen LogP contribution in [0.5, 0.6) is 11.5 Å². The summed E-state index contributed by atoms with van der Waals surface area (Å²) in [6.07, 6.45) is 1.03. The summed E-state index contributed by atoms with van der Waals surface area (Å²) in [6, 6.07) is 8.22. The third kappa shape index (κ3) is 3.19. The summed E-state index contributed by atoms with van der Waals surface area (Å²) in [5.74, 6) is 2.34. The molecule has 0 aliphatic carbocycles. The zero-order valence-corrected chi connectivity index (χ0v) is 16.3. The zero-order chi connectivity index (χ0) is 18.8. The van der Waals surface area contributed by atoms with Gasteiger partial charge < -0.3 is 14.8 Å². The first-order chi connectivity index (χ1) is 12.5. The van der Waals surface area contributed by atoms with E-state index in [9.17, 15) is 0 Å². The topological polar surface area (TPSA) is 60.7 Å². The summed E-state index contributed by atoms with van der Waals surface area (Å²) >= 11 is 0. The highest BCUT2D eigenvalue weighted by atomic mass is 16.5. The number of methoxy groups -OCH3 is 2. The molecule has 0 bridgehead atoms. The molecule has 2 aromatic heterocycles. The van der Waals surface area contributed by atoms with Gasteiger partial charge in [-0.25, -0.2) is 4.98 Å². The Bertz CT molecular complexity index is 933. The number of aromatic nitrogens is 3. The number of nitrogens with one attached hydrogen (secondary N) is 1. The predicted octanol–water partition coefficient (Wildman–Crippen LogP) is 4.24. The number of anilines is 1. The van der Waals surface area contributed by atoms with Gasteiger partial charge in [0, 0.05) is 28.9 Å². The van der Waals surface area contributed by atoms with E-state index in [0.717, 1.165) is 40.4 Å². The van der Waals surface area contributed by atoms with Crippen molar-refractivity contribution >= 4 is 11.5 Å². The lowest BCUT2D eigenvalue weighted by Crippen LogP contribution is -2.16. The van der Waals surface area contributed by atoms with Crippen LogP contribution in [0.4, 0.5) is 5.82 Å². The fraction of sp³-hybridized carbons (Fsp3) is 0.400. The fourth-order valence-corrected chi connectivity index (χ4v) is 2.96. The molecule has 3 aromatic rings. The Labute approximate surface area is 154 Å². The summed E-state index contributed by atoms with van der Waals surface area (Å²) in [6.45, 7) is 8.37. The maximum atomic E-state index is 5.43. The Balaban J connectivity index is 2.16. The molecule has 0 aliphatic heterocycles. The molecular formula is C20H26N4O2. The van der Waals surface area contributed by atoms with Gasteiger partial charge in [0.15, 0.2) is 17.1 Å². The largest absolute Gasteiger partial charge is 0.493 e. The van der Waals surface area contributed by atoms with Crippen LogP contribution in [0, 0.1) is 13.8 Å². The number of fused-ring (bicyclic) bond motifs is 1. The van der Waals surface area contributed by atoms with Crippen LogP contribution in [0.15, 0.2) is 24.3 Å². The number of benzene rings is 1. The van der Waals surface area contributed by atoms with Crippen LogP contribution < -0.4 is 14.8 Å². The van der Waals surface area contributed by atoms with Crippen molar-refractivity contribution in [2.45, 2.75) is 40.2 Å². The minimum Gasteiger partial charge on any atom is -0.493 e. The first-order valence-corrected chi connectivity index (χ1v) is 8.84. The molecule has 0 amide bonds. The molecule has 3 rings (SSSR count). The third-order valence-electron chi connectivity index (χ3n) is 4.61. The van der Waals surface area contributed by atoms with Gasteiger partial charge in [0.1, 0.15) is 5.82 Å². The quantitative estimate of drug-likeness (QED) is 0.717. The zero-order valence-electron chi connectivity index (χ0n) is 16.3. The minimum atomic E-state index is 0.356. The van der Waals surface area contributed by atoms with Crippen LogP contribution in [0.1, 0.15) is 31.5 Å². The van der Waals surface area contributed by atoms with Gasteiger partial charge in [-0.3, -0.25) is 0 Å². The standard InChI is InChI=1S/C20H26N4O2/c1-7-12(2)21-18-10-13(3)22-20-14(4)19(23-24(18)20)15-8-9-16(25-5)17(11-15)26-6/h8-12,21H,7H2,1-6H3. The van der Waals surface area contributed by atoms with E-state index in [4.69, 9.17) is 19.6 Å². The molecule has 0 aliphatic rings. The molecule has 0 radical (unpaired) electrons. The molecule has 0 spiro atoms. The SMILES string of the molecule is CCC(C)Nc1cc(C)nc2c(C)c(-c3ccc(OC)c(OC)c3)nn12. The molecule has 138 valence electrons. The Hall–Kier alpha value is -2.76. The van der Waals surface area contributed by atoms with Crippen molar-refractivity contribution in [1.29, 1.82) is 0 Å². The summed E-state index contributed by atoms with van der Waals surface area (Å²) in [5, 5.41) is 8.36. The Morgan fingerprint density at radius 2 is 1.85 bits per heavy atom. The molecule has 0 saturated heterocycles. The minimum absolute atomic E-state index is 0.356. The molecule has 1 unspecified atom stereocenters. The van der Waals surface area contributed by atoms with Gasteiger partial charge in [0.2, 0.25) is 0 Å². The van der Waals surface area contributed by atoms with E-state index in [2.05, 4.69) is 19.2 Å². The highest BCUT2D eigenvalue weighted by Crippen LogP contribution is 2.34. The van der Waals surface area contributed by atoms with Crippen molar-refractivity contribution < 1.29 is 9.47 Å². The molecule has 0 saturated carbocycles. The van der Waals surface area contributed by atoms with Crippen LogP contribution in [-0.4, -0.2) is 34.9 Å². The molecular weight excluding hydrogens is 328 g/mol. The third-order valence-corrected chi connectivity index (χ3v) is 4.61. The number of hydrogen-bond acceptors (Lipinski definition) is 5. The maximum Gasteiger partial charge on any atom is 0.161 e. The highest BCUT2D eigenvalue weighted by molar-refractivity contribution is 5.73. The number of nitrogens with zero attached hydrogens (tertiary/aromatic N) is 3. The second kappa shape index (κ2) is 7.23. The average Bonchev–Trinajstić information content (AvgIpc) is 2.98. The molecule has 6 nitrogen and oxygen atoms in total. The van der Waals surface area contributed by atoms with Gasteiger partial charge in [-0.15, -0.1) is 0 Å². The molecule has 2 heterocycles. The smallest absolute Gasteiger partial charge is 0.161 e. The van der Waals surface area contributed by atoms with Crippen LogP contribution >= 0.6 is 0 Å². The number of ether oxygens (including phenoxy) is 2. The van der Waals surface area contributed by atoms with Crippen molar-refractivity contribution in [2.75, 3.05) is 19.5 Å². The Morgan fingerprint density at radius 1 is 1.12 bits per heavy atom. The number of aryl methyl sites for hydroxylation is 2. The summed E-state index contributed by atoms with van der Waals surface area (Å²) in [5.41, 5.74) is 4.72. The summed E-state index contributed by atoms with van der Waals surface area (Å²) in [4.78, 5) is 4.70. The van der Waals surface area contributed by atoms with Crippen LogP contribution in [0.25, 0.3) is 16.9 Å². The lowest BCUT2D eigenvalue weighted by Gasteiger charge is -2.14. The Morgan fingerprint density at radius 3 is 2.50 bits per heavy atom. The lowest BCUT2D eigenvalue weighted by molar-refractivity contribution is 0.355. The molecule has 1 aromatic carbocycles. The van der Waals surface area contributed by atoms with Gasteiger partial charge in [-0.05, 0) is 45.4 Å². The first-order valence-electron chi connectivity index (χ1n) is 8.84. The van der Waals surface area contributed by atoms with Gasteiger partial charge in [0.25, 0.3) is 0 Å². The highest BCUT2D eigenvalue weighted by Gasteiger charge is 2.17. The monoisotopic (exact) mass is 354 g/mol. The lowest BCUT2D eigenvalue weighted by atomic mass is 10.1. The number of hydrogen-bond donors (Lipinski definition) is 1. The molecule has 6 heteroatoms. The Kier molecular flexibility index (Phi) is 5.02. The van der Waals surface area contributed by atoms with Crippen molar-refractivity contribution in [2.24, 2.45) is 0 Å². The van der Waals surface area contributed by atoms with Crippen LogP contribution in [0.2, 0.25) is 0 Å². The van der Waals surface area contributed by atoms with Gasteiger partial charge in [-0.1, -0.05) is 6.92 Å². The van der Waals surface area contributed by atoms with E-state index < -0.39 is 0 Å². The molecule has 1 N–H and O–H groups in total. The van der Waals surface area contributed by atoms with Gasteiger partial charge >= 0.3 is 0 Å². The average molecular weight is 354 g/mol. The normalized spacial score (nSPS) is 12.2. The van der Waals surface area contributed by atoms with E-state index in [1.54, 1.807) is 14.2 Å². The van der Waals surface area contributed by atoms with Gasteiger partial charge in [-0.2, -0.15) is 9.61 Å². The number of rotatable bonds is 6. The van der Waals surface area contributed by atoms with Crippen LogP contribution in [0.3, 0.4) is 0 Å². The van der Waals surface area contributed by atoms with E-state index in [-0.39, 0.29) is 0 Å². The van der Waals surface area contributed by atoms with Gasteiger partial charge in [0.05, 0.1) is 19.9 Å². The molecule has 26 heavy (non-hydrogen) atoms. The second-order valence-electron chi connectivity index (χ2n) is 6.52. The van der Waals surface area contributed by atoms with Crippen molar-refractivity contribution in [3.05, 3.63) is 35.5 Å². The fourth-order valence-electron chi connectivity index (χ4n) is 2.96. The van der Waals surface area contributed by atoms with E-state index in [1.807, 2.05) is 42.6 Å². The van der Waals surface area contributed by atoms with E-state index >= 15 is 0 Å². The molecule has 0 fully saturated rings. The van der Waals surface area contributed by atoms with Crippen molar-refractivity contribution in [3.63, 3.8) is 0 Å². The molecule has 1 atom stereocenters. The van der Waals surface area contributed by atoms with Crippen molar-refractivity contribution in [3.8, 4) is 22.8 Å². The van der Waals surface area contributed by atoms with Crippen LogP contribution in [-0.2, 0) is 0 Å².